The summed E-state index contributed by atoms with van der Waals surface area (Å²) in [5.41, 5.74) is 1.99. The molecule has 0 unspecified atom stereocenters. The molecule has 2 aromatic heterocycles. The lowest BCUT2D eigenvalue weighted by Gasteiger charge is -2.06. The van der Waals surface area contributed by atoms with E-state index in [2.05, 4.69) is 15.0 Å². The van der Waals surface area contributed by atoms with Crippen molar-refractivity contribution in [2.45, 2.75) is 0 Å². The van der Waals surface area contributed by atoms with E-state index in [1.807, 2.05) is 18.2 Å². The van der Waals surface area contributed by atoms with Gasteiger partial charge in [0.25, 0.3) is 0 Å². The molecular weight excluding hydrogens is 281 g/mol. The van der Waals surface area contributed by atoms with Crippen LogP contribution in [0.3, 0.4) is 0 Å². The van der Waals surface area contributed by atoms with E-state index in [1.165, 1.54) is 0 Å². The number of rotatable bonds is 2. The Kier molecular flexibility index (Phi) is 2.79. The Hall–Kier alpha value is -2.95. The molecule has 0 amide bonds. The fourth-order valence-corrected chi connectivity index (χ4v) is 2.56. The molecule has 1 N–H and O–H groups in total. The maximum absolute atomic E-state index is 14.8. The van der Waals surface area contributed by atoms with Crippen molar-refractivity contribution < 1.29 is 9.13 Å². The Morgan fingerprint density at radius 1 is 1.14 bits per heavy atom. The number of hydrogen-bond acceptors (Lipinski definition) is 3. The van der Waals surface area contributed by atoms with Crippen LogP contribution in [0.5, 0.6) is 5.75 Å². The van der Waals surface area contributed by atoms with Gasteiger partial charge < -0.3 is 9.72 Å². The fraction of sp³-hybridized carbons (Fsp3) is 0.0588. The summed E-state index contributed by atoms with van der Waals surface area (Å²) in [6.07, 6.45) is 3.33. The summed E-state index contributed by atoms with van der Waals surface area (Å²) in [5, 5.41) is 1.33. The van der Waals surface area contributed by atoms with Crippen molar-refractivity contribution in [3.05, 3.63) is 54.6 Å². The van der Waals surface area contributed by atoms with Gasteiger partial charge in [0.2, 0.25) is 0 Å². The first-order chi connectivity index (χ1) is 10.8. The van der Waals surface area contributed by atoms with E-state index in [1.54, 1.807) is 37.7 Å². The molecule has 0 spiro atoms. The maximum atomic E-state index is 14.8. The van der Waals surface area contributed by atoms with Crippen molar-refractivity contribution in [3.8, 4) is 17.1 Å². The molecule has 2 aromatic carbocycles. The molecular formula is C17H12FN3O. The van der Waals surface area contributed by atoms with E-state index >= 15 is 0 Å². The molecule has 0 aliphatic carbocycles. The molecule has 108 valence electrons. The van der Waals surface area contributed by atoms with Gasteiger partial charge in [-0.25, -0.2) is 9.37 Å². The summed E-state index contributed by atoms with van der Waals surface area (Å²) in [5.74, 6) is 0.903. The number of aromatic nitrogens is 3. The van der Waals surface area contributed by atoms with Crippen molar-refractivity contribution >= 4 is 21.8 Å². The molecule has 4 nitrogen and oxygen atoms in total. The predicted octanol–water partition coefficient (Wildman–Crippen LogP) is 3.93. The molecule has 0 radical (unpaired) electrons. The molecule has 4 rings (SSSR count). The van der Waals surface area contributed by atoms with E-state index in [4.69, 9.17) is 4.74 Å². The van der Waals surface area contributed by atoms with Crippen LogP contribution < -0.4 is 4.74 Å². The highest BCUT2D eigenvalue weighted by Crippen LogP contribution is 2.30. The summed E-state index contributed by atoms with van der Waals surface area (Å²) < 4.78 is 20.0. The molecule has 0 bridgehead atoms. The Labute approximate surface area is 125 Å². The fourth-order valence-electron chi connectivity index (χ4n) is 2.56. The first-order valence-corrected chi connectivity index (χ1v) is 6.82. The number of hydrogen-bond donors (Lipinski definition) is 1. The minimum absolute atomic E-state index is 0.299. The first-order valence-electron chi connectivity index (χ1n) is 6.82. The lowest BCUT2D eigenvalue weighted by Crippen LogP contribution is -1.90. The number of pyridine rings is 1. The minimum Gasteiger partial charge on any atom is -0.497 e. The van der Waals surface area contributed by atoms with Gasteiger partial charge in [-0.2, -0.15) is 0 Å². The first kappa shape index (κ1) is 12.8. The number of ether oxygens (including phenoxy) is 1. The van der Waals surface area contributed by atoms with Crippen LogP contribution in [-0.2, 0) is 0 Å². The Morgan fingerprint density at radius 3 is 2.86 bits per heavy atom. The number of halogens is 1. The van der Waals surface area contributed by atoms with Gasteiger partial charge in [0, 0.05) is 11.6 Å². The van der Waals surface area contributed by atoms with Crippen LogP contribution in [0.1, 0.15) is 0 Å². The van der Waals surface area contributed by atoms with Crippen LogP contribution in [0.15, 0.2) is 48.8 Å². The Morgan fingerprint density at radius 2 is 2.05 bits per heavy atom. The average molecular weight is 293 g/mol. The number of nitrogens with zero attached hydrogens (tertiary/aromatic N) is 2. The number of imidazole rings is 1. The third-order valence-corrected chi connectivity index (χ3v) is 3.70. The van der Waals surface area contributed by atoms with Gasteiger partial charge in [-0.1, -0.05) is 6.07 Å². The highest BCUT2D eigenvalue weighted by molar-refractivity contribution is 5.89. The number of nitrogens with one attached hydrogen (secondary N) is 1. The maximum Gasteiger partial charge on any atom is 0.141 e. The summed E-state index contributed by atoms with van der Waals surface area (Å²) in [7, 11) is 1.59. The smallest absolute Gasteiger partial charge is 0.141 e. The summed E-state index contributed by atoms with van der Waals surface area (Å²) in [6, 6.07) is 10.7. The van der Waals surface area contributed by atoms with Crippen LogP contribution in [0.25, 0.3) is 33.2 Å². The van der Waals surface area contributed by atoms with E-state index in [0.717, 1.165) is 10.9 Å². The molecule has 0 aliphatic rings. The molecule has 5 heteroatoms. The largest absolute Gasteiger partial charge is 0.497 e. The normalized spacial score (nSPS) is 11.2. The van der Waals surface area contributed by atoms with Crippen LogP contribution in [0, 0.1) is 5.82 Å². The van der Waals surface area contributed by atoms with Crippen molar-refractivity contribution in [1.29, 1.82) is 0 Å². The van der Waals surface area contributed by atoms with Crippen molar-refractivity contribution in [2.24, 2.45) is 0 Å². The van der Waals surface area contributed by atoms with Gasteiger partial charge in [-0.05, 0) is 35.7 Å². The molecule has 0 atom stereocenters. The molecule has 0 saturated carbocycles. The minimum atomic E-state index is -0.299. The van der Waals surface area contributed by atoms with Crippen LogP contribution in [0.2, 0.25) is 0 Å². The van der Waals surface area contributed by atoms with Crippen LogP contribution >= 0.6 is 0 Å². The molecule has 0 fully saturated rings. The number of aromatic amines is 1. The summed E-state index contributed by atoms with van der Waals surface area (Å²) in [6.45, 7) is 0. The highest BCUT2D eigenvalue weighted by atomic mass is 19.1. The average Bonchev–Trinajstić information content (AvgIpc) is 2.98. The van der Waals surface area contributed by atoms with Crippen LogP contribution in [-0.4, -0.2) is 22.1 Å². The van der Waals surface area contributed by atoms with Gasteiger partial charge in [0.1, 0.15) is 22.9 Å². The van der Waals surface area contributed by atoms with Crippen LogP contribution in [0.4, 0.5) is 4.39 Å². The second-order valence-corrected chi connectivity index (χ2v) is 4.99. The van der Waals surface area contributed by atoms with Gasteiger partial charge in [-0.15, -0.1) is 0 Å². The van der Waals surface area contributed by atoms with Gasteiger partial charge in [-0.3, -0.25) is 4.98 Å². The van der Waals surface area contributed by atoms with E-state index in [0.29, 0.717) is 28.0 Å². The third kappa shape index (κ3) is 1.90. The van der Waals surface area contributed by atoms with Crippen molar-refractivity contribution in [3.63, 3.8) is 0 Å². The molecule has 0 aliphatic heterocycles. The van der Waals surface area contributed by atoms with E-state index in [9.17, 15) is 4.39 Å². The van der Waals surface area contributed by atoms with Crippen molar-refractivity contribution in [2.75, 3.05) is 7.11 Å². The third-order valence-electron chi connectivity index (χ3n) is 3.70. The van der Waals surface area contributed by atoms with Gasteiger partial charge >= 0.3 is 0 Å². The lowest BCUT2D eigenvalue weighted by molar-refractivity contribution is 0.415. The lowest BCUT2D eigenvalue weighted by atomic mass is 10.1. The topological polar surface area (TPSA) is 50.8 Å². The zero-order valence-electron chi connectivity index (χ0n) is 11.8. The Balaban J connectivity index is 1.93. The molecule has 2 heterocycles. The number of fused-ring (bicyclic) bond motifs is 2. The Bertz CT molecular complexity index is 961. The quantitative estimate of drug-likeness (QED) is 0.609. The van der Waals surface area contributed by atoms with Crippen molar-refractivity contribution in [1.82, 2.24) is 15.0 Å². The SMILES string of the molecule is COc1ccc2c(F)c(-c3nc4cnccc4[nH]3)ccc2c1. The number of methoxy groups -OCH3 is 1. The summed E-state index contributed by atoms with van der Waals surface area (Å²) >= 11 is 0. The number of benzene rings is 2. The predicted molar refractivity (Wildman–Crippen MR) is 83.3 cm³/mol. The standard InChI is InChI=1S/C17H12FN3O/c1-22-11-3-5-12-10(8-11)2-4-13(16(12)18)17-20-14-6-7-19-9-15(14)21-17/h2-9H,1H3,(H,20,21). The van der Waals surface area contributed by atoms with Gasteiger partial charge in [0.15, 0.2) is 0 Å². The summed E-state index contributed by atoms with van der Waals surface area (Å²) in [4.78, 5) is 11.5. The number of H-pyrrole nitrogens is 1. The zero-order valence-corrected chi connectivity index (χ0v) is 11.8. The monoisotopic (exact) mass is 293 g/mol. The molecule has 4 aromatic rings. The van der Waals surface area contributed by atoms with Gasteiger partial charge in [0.05, 0.1) is 24.4 Å². The highest BCUT2D eigenvalue weighted by Gasteiger charge is 2.13. The molecule has 22 heavy (non-hydrogen) atoms. The second kappa shape index (κ2) is 4.80. The van der Waals surface area contributed by atoms with E-state index < -0.39 is 0 Å². The zero-order chi connectivity index (χ0) is 15.1. The molecule has 0 saturated heterocycles. The van der Waals surface area contributed by atoms with E-state index in [-0.39, 0.29) is 5.82 Å². The second-order valence-electron chi connectivity index (χ2n) is 4.99.